The van der Waals surface area contributed by atoms with Gasteiger partial charge in [0.1, 0.15) is 18.5 Å². The first-order valence-electron chi connectivity index (χ1n) is 7.55. The lowest BCUT2D eigenvalue weighted by atomic mass is 9.90. The van der Waals surface area contributed by atoms with E-state index in [4.69, 9.17) is 10.4 Å². The highest BCUT2D eigenvalue weighted by atomic mass is 19.3. The molecule has 1 aromatic heterocycles. The van der Waals surface area contributed by atoms with Crippen LogP contribution in [-0.2, 0) is 19.8 Å². The number of halogens is 2. The molecule has 0 radical (unpaired) electrons. The number of aliphatic hydroxyl groups excluding tert-OH is 4. The number of rotatable bonds is 7. The van der Waals surface area contributed by atoms with Crippen LogP contribution in [0.3, 0.4) is 0 Å². The van der Waals surface area contributed by atoms with Crippen molar-refractivity contribution in [3.63, 3.8) is 0 Å². The van der Waals surface area contributed by atoms with E-state index in [9.17, 15) is 24.1 Å². The minimum absolute atomic E-state index is 0.0567. The van der Waals surface area contributed by atoms with Crippen molar-refractivity contribution >= 4 is 6.21 Å². The van der Waals surface area contributed by atoms with E-state index < -0.39 is 38.5 Å². The van der Waals surface area contributed by atoms with Gasteiger partial charge in [-0.15, -0.1) is 0 Å². The quantitative estimate of drug-likeness (QED) is 0.472. The van der Waals surface area contributed by atoms with Crippen molar-refractivity contribution in [2.75, 3.05) is 6.73 Å². The lowest BCUT2D eigenvalue weighted by molar-refractivity contribution is 0.152. The first-order chi connectivity index (χ1) is 12.5. The van der Waals surface area contributed by atoms with Gasteiger partial charge in [0, 0.05) is 11.8 Å². The van der Waals surface area contributed by atoms with Crippen molar-refractivity contribution in [3.05, 3.63) is 45.8 Å². The Morgan fingerprint density at radius 1 is 1.12 bits per heavy atom. The van der Waals surface area contributed by atoms with E-state index in [1.807, 2.05) is 0 Å². The Morgan fingerprint density at radius 2 is 1.81 bits per heavy atom. The number of aliphatic imine (C=N–C) groups is 1. The Balaban J connectivity index is 2.89. The number of nitrogens with one attached hydrogen (secondary N) is 1. The number of hydrogen-bond donors (Lipinski definition) is 5. The maximum absolute atomic E-state index is 13.6. The van der Waals surface area contributed by atoms with E-state index in [0.717, 1.165) is 6.21 Å². The third kappa shape index (κ3) is 3.49. The van der Waals surface area contributed by atoms with Crippen molar-refractivity contribution in [3.8, 4) is 17.2 Å². The fraction of sp³-hybridized carbons (Fsp3) is 0.294. The average Bonchev–Trinajstić information content (AvgIpc) is 3.03. The highest BCUT2D eigenvalue weighted by Crippen LogP contribution is 2.39. The van der Waals surface area contributed by atoms with E-state index in [-0.39, 0.29) is 33.6 Å². The molecule has 0 unspecified atom stereocenters. The number of aliphatic hydroxyl groups is 4. The molecule has 0 saturated carbocycles. The van der Waals surface area contributed by atoms with Gasteiger partial charge in [0.15, 0.2) is 0 Å². The predicted octanol–water partition coefficient (Wildman–Crippen LogP) is 1.34. The number of alkyl halides is 2. The predicted molar refractivity (Wildman–Crippen MR) is 88.3 cm³/mol. The molecule has 2 aromatic rings. The van der Waals surface area contributed by atoms with E-state index in [1.54, 1.807) is 6.07 Å². The van der Waals surface area contributed by atoms with Gasteiger partial charge in [-0.05, 0) is 22.3 Å². The zero-order chi connectivity index (χ0) is 19.3. The van der Waals surface area contributed by atoms with Gasteiger partial charge in [0.25, 0.3) is 6.43 Å². The molecule has 26 heavy (non-hydrogen) atoms. The summed E-state index contributed by atoms with van der Waals surface area (Å²) in [6, 6.07) is 4.53. The van der Waals surface area contributed by atoms with E-state index in [1.165, 1.54) is 12.1 Å². The van der Waals surface area contributed by atoms with Crippen LogP contribution in [-0.4, -0.2) is 38.4 Å². The number of aromatic amines is 1. The monoisotopic (exact) mass is 365 g/mol. The number of nitrogens with zero attached hydrogens (tertiary/aromatic N) is 2. The minimum atomic E-state index is -2.99. The molecule has 1 heterocycles. The highest BCUT2D eigenvalue weighted by molar-refractivity contribution is 5.92. The molecule has 0 aliphatic carbocycles. The van der Waals surface area contributed by atoms with Gasteiger partial charge in [0.05, 0.1) is 31.1 Å². The molecule has 7 nitrogen and oxygen atoms in total. The van der Waals surface area contributed by atoms with Crippen LogP contribution in [0.15, 0.2) is 17.1 Å². The second-order valence-corrected chi connectivity index (χ2v) is 5.27. The first-order valence-corrected chi connectivity index (χ1v) is 7.55. The smallest absolute Gasteiger partial charge is 0.267 e. The van der Waals surface area contributed by atoms with Gasteiger partial charge in [-0.25, -0.2) is 8.78 Å². The Hall–Kier alpha value is -2.64. The first kappa shape index (κ1) is 19.7. The molecule has 0 bridgehead atoms. The van der Waals surface area contributed by atoms with Gasteiger partial charge in [-0.3, -0.25) is 4.99 Å². The van der Waals surface area contributed by atoms with Crippen LogP contribution in [0.4, 0.5) is 8.78 Å². The van der Waals surface area contributed by atoms with E-state index >= 15 is 0 Å². The third-order valence-electron chi connectivity index (χ3n) is 3.98. The Kier molecular flexibility index (Phi) is 6.54. The zero-order valence-electron chi connectivity index (χ0n) is 13.6. The molecule has 0 aliphatic rings. The summed E-state index contributed by atoms with van der Waals surface area (Å²) in [6.07, 6.45) is -1.88. The topological polar surface area (TPSA) is 133 Å². The molecule has 0 fully saturated rings. The van der Waals surface area contributed by atoms with E-state index in [0.29, 0.717) is 5.56 Å². The van der Waals surface area contributed by atoms with Crippen molar-refractivity contribution in [2.24, 2.45) is 4.99 Å². The maximum Gasteiger partial charge on any atom is 0.267 e. The Labute approximate surface area is 147 Å². The van der Waals surface area contributed by atoms with Crippen molar-refractivity contribution in [1.29, 1.82) is 5.26 Å². The van der Waals surface area contributed by atoms with Gasteiger partial charge in [-0.2, -0.15) is 5.26 Å². The van der Waals surface area contributed by atoms with Crippen LogP contribution in [0.25, 0.3) is 11.1 Å². The van der Waals surface area contributed by atoms with Crippen molar-refractivity contribution < 1.29 is 29.2 Å². The number of benzene rings is 1. The molecule has 0 spiro atoms. The summed E-state index contributed by atoms with van der Waals surface area (Å²) in [6.45, 7) is -2.08. The molecular weight excluding hydrogens is 348 g/mol. The summed E-state index contributed by atoms with van der Waals surface area (Å²) in [5.41, 5.74) is -0.0437. The van der Waals surface area contributed by atoms with Gasteiger partial charge < -0.3 is 25.4 Å². The summed E-state index contributed by atoms with van der Waals surface area (Å²) < 4.78 is 27.3. The SMILES string of the molecule is N#Cc1[nH]c(C=NCO)c(-c2ccc(CO)c(CO)c2CO)c1C(F)F. The molecule has 0 saturated heterocycles. The molecule has 0 amide bonds. The van der Waals surface area contributed by atoms with Crippen molar-refractivity contribution in [2.45, 2.75) is 26.2 Å². The molecule has 0 atom stereocenters. The lowest BCUT2D eigenvalue weighted by Crippen LogP contribution is -2.05. The zero-order valence-corrected chi connectivity index (χ0v) is 13.6. The molecule has 9 heteroatoms. The number of hydrogen-bond acceptors (Lipinski definition) is 6. The fourth-order valence-electron chi connectivity index (χ4n) is 2.86. The van der Waals surface area contributed by atoms with Crippen LogP contribution in [0, 0.1) is 11.3 Å². The van der Waals surface area contributed by atoms with Crippen LogP contribution in [0.2, 0.25) is 0 Å². The van der Waals surface area contributed by atoms with Gasteiger partial charge in [0.2, 0.25) is 0 Å². The number of H-pyrrole nitrogens is 1. The summed E-state index contributed by atoms with van der Waals surface area (Å²) in [5.74, 6) is 0. The van der Waals surface area contributed by atoms with Crippen LogP contribution < -0.4 is 0 Å². The molecule has 138 valence electrons. The normalized spacial score (nSPS) is 11.5. The standard InChI is InChI=1S/C17H17F2N3O4/c18-17(19)16-13(3-20)22-14(4-21-8-26)15(16)10-2-1-9(5-23)11(6-24)12(10)7-25/h1-2,4,17,22-26H,5-8H2. The molecule has 0 aliphatic heterocycles. The average molecular weight is 365 g/mol. The third-order valence-corrected chi connectivity index (χ3v) is 3.98. The van der Waals surface area contributed by atoms with Gasteiger partial charge in [-0.1, -0.05) is 12.1 Å². The minimum Gasteiger partial charge on any atom is -0.392 e. The largest absolute Gasteiger partial charge is 0.392 e. The summed E-state index contributed by atoms with van der Waals surface area (Å²) in [4.78, 5) is 6.14. The number of aromatic nitrogens is 1. The summed E-state index contributed by atoms with van der Waals surface area (Å²) >= 11 is 0. The van der Waals surface area contributed by atoms with Crippen LogP contribution >= 0.6 is 0 Å². The molecule has 1 aromatic carbocycles. The summed E-state index contributed by atoms with van der Waals surface area (Å²) in [5, 5.41) is 46.7. The lowest BCUT2D eigenvalue weighted by Gasteiger charge is -2.16. The van der Waals surface area contributed by atoms with Crippen LogP contribution in [0.1, 0.15) is 40.1 Å². The second kappa shape index (κ2) is 8.64. The van der Waals surface area contributed by atoms with Crippen LogP contribution in [0.5, 0.6) is 0 Å². The molecular formula is C17H17F2N3O4. The van der Waals surface area contributed by atoms with Gasteiger partial charge >= 0.3 is 0 Å². The maximum atomic E-state index is 13.6. The molecule has 2 rings (SSSR count). The fourth-order valence-corrected chi connectivity index (χ4v) is 2.86. The number of nitriles is 1. The second-order valence-electron chi connectivity index (χ2n) is 5.27. The Morgan fingerprint density at radius 3 is 2.31 bits per heavy atom. The highest BCUT2D eigenvalue weighted by Gasteiger charge is 2.27. The van der Waals surface area contributed by atoms with Crippen molar-refractivity contribution in [1.82, 2.24) is 4.98 Å². The molecule has 5 N–H and O–H groups in total. The van der Waals surface area contributed by atoms with E-state index in [2.05, 4.69) is 9.98 Å². The summed E-state index contributed by atoms with van der Waals surface area (Å²) in [7, 11) is 0. The Bertz CT molecular complexity index is 857.